The maximum atomic E-state index is 2.37. The van der Waals surface area contributed by atoms with Gasteiger partial charge in [-0.05, 0) is 105 Å². The minimum absolute atomic E-state index is 1.10. The quantitative estimate of drug-likeness (QED) is 0.120. The minimum atomic E-state index is 1.10. The minimum Gasteiger partial charge on any atom is -0.310 e. The van der Waals surface area contributed by atoms with Gasteiger partial charge in [-0.3, -0.25) is 0 Å². The fraction of sp³-hybridized carbons (Fsp3) is 0. The summed E-state index contributed by atoms with van der Waals surface area (Å²) in [6.07, 6.45) is 8.67. The van der Waals surface area contributed by atoms with Crippen molar-refractivity contribution in [1.82, 2.24) is 0 Å². The van der Waals surface area contributed by atoms with Crippen LogP contribution in [0.25, 0.3) is 57.0 Å². The molecule has 0 N–H and O–H groups in total. The first-order valence-electron chi connectivity index (χ1n) is 21.2. The van der Waals surface area contributed by atoms with E-state index in [2.05, 4.69) is 265 Å². The average Bonchev–Trinajstić information content (AvgIpc) is 3.35. The van der Waals surface area contributed by atoms with E-state index in [4.69, 9.17) is 0 Å². The van der Waals surface area contributed by atoms with E-state index >= 15 is 0 Å². The van der Waals surface area contributed by atoms with Gasteiger partial charge in [-0.2, -0.15) is 0 Å². The van der Waals surface area contributed by atoms with Gasteiger partial charge >= 0.3 is 0 Å². The molecule has 0 spiro atoms. The van der Waals surface area contributed by atoms with Gasteiger partial charge < -0.3 is 9.80 Å². The van der Waals surface area contributed by atoms with Gasteiger partial charge in [0, 0.05) is 33.5 Å². The lowest BCUT2D eigenvalue weighted by Gasteiger charge is -2.28. The van der Waals surface area contributed by atoms with Crippen molar-refractivity contribution in [3.8, 4) is 11.1 Å². The molecule has 0 aliphatic carbocycles. The van der Waals surface area contributed by atoms with Crippen LogP contribution >= 0.6 is 0 Å². The van der Waals surface area contributed by atoms with Crippen LogP contribution in [0.3, 0.4) is 0 Å². The van der Waals surface area contributed by atoms with Crippen molar-refractivity contribution >= 4 is 80.0 Å². The Morgan fingerprint density at radius 1 is 0.210 bits per heavy atom. The zero-order valence-electron chi connectivity index (χ0n) is 34.3. The van der Waals surface area contributed by atoms with E-state index in [0.29, 0.717) is 0 Å². The molecule has 0 amide bonds. The van der Waals surface area contributed by atoms with Crippen LogP contribution in [0.4, 0.5) is 34.1 Å². The van der Waals surface area contributed by atoms with Gasteiger partial charge in [0.1, 0.15) is 0 Å². The first-order valence-corrected chi connectivity index (χ1v) is 21.2. The van der Waals surface area contributed by atoms with Crippen LogP contribution in [0.5, 0.6) is 0 Å². The molecule has 294 valence electrons. The highest BCUT2D eigenvalue weighted by Gasteiger charge is 2.20. The summed E-state index contributed by atoms with van der Waals surface area (Å²) >= 11 is 0. The molecule has 10 aromatic carbocycles. The maximum absolute atomic E-state index is 2.37. The fourth-order valence-corrected chi connectivity index (χ4v) is 8.42. The monoisotopic (exact) mass is 792 g/mol. The SMILES string of the molecule is C(=Cc1ccc(N(c2ccccc2)c2ccc(-c3ccc(N(c4ccccc4)c4ccc(C=Cc5ccccc5)cc4)c4ccccc34)c3ccccc23)cc1)c1ccccc1. The highest BCUT2D eigenvalue weighted by Crippen LogP contribution is 2.46. The summed E-state index contributed by atoms with van der Waals surface area (Å²) in [5.41, 5.74) is 13.7. The van der Waals surface area contributed by atoms with Gasteiger partial charge in [-0.25, -0.2) is 0 Å². The number of rotatable bonds is 11. The molecule has 0 aromatic heterocycles. The summed E-state index contributed by atoms with van der Waals surface area (Å²) in [6, 6.07) is 86.8. The molecular formula is C60H44N2. The molecule has 0 atom stereocenters. The molecule has 0 bridgehead atoms. The highest BCUT2D eigenvalue weighted by atomic mass is 15.1. The van der Waals surface area contributed by atoms with E-state index in [-0.39, 0.29) is 0 Å². The van der Waals surface area contributed by atoms with Crippen LogP contribution in [0.1, 0.15) is 22.3 Å². The van der Waals surface area contributed by atoms with Gasteiger partial charge in [-0.1, -0.05) is 206 Å². The van der Waals surface area contributed by atoms with E-state index in [1.54, 1.807) is 0 Å². The van der Waals surface area contributed by atoms with Gasteiger partial charge in [-0.15, -0.1) is 0 Å². The van der Waals surface area contributed by atoms with Crippen molar-refractivity contribution in [2.75, 3.05) is 9.80 Å². The molecule has 10 rings (SSSR count). The molecule has 0 heterocycles. The molecule has 10 aromatic rings. The summed E-state index contributed by atoms with van der Waals surface area (Å²) in [5, 5.41) is 4.76. The third kappa shape index (κ3) is 7.93. The predicted molar refractivity (Wildman–Crippen MR) is 267 cm³/mol. The Morgan fingerprint density at radius 2 is 0.484 bits per heavy atom. The van der Waals surface area contributed by atoms with Crippen LogP contribution in [-0.4, -0.2) is 0 Å². The third-order valence-corrected chi connectivity index (χ3v) is 11.4. The Morgan fingerprint density at radius 3 is 0.839 bits per heavy atom. The molecule has 0 radical (unpaired) electrons. The van der Waals surface area contributed by atoms with Gasteiger partial charge in [0.05, 0.1) is 11.4 Å². The molecule has 0 saturated heterocycles. The molecule has 0 unspecified atom stereocenters. The lowest BCUT2D eigenvalue weighted by atomic mass is 9.92. The van der Waals surface area contributed by atoms with Crippen molar-refractivity contribution in [1.29, 1.82) is 0 Å². The van der Waals surface area contributed by atoms with Crippen molar-refractivity contribution < 1.29 is 0 Å². The van der Waals surface area contributed by atoms with E-state index in [1.165, 1.54) is 43.8 Å². The van der Waals surface area contributed by atoms with Gasteiger partial charge in [0.2, 0.25) is 0 Å². The number of hydrogen-bond donors (Lipinski definition) is 0. The van der Waals surface area contributed by atoms with E-state index in [0.717, 1.165) is 45.3 Å². The summed E-state index contributed by atoms with van der Waals surface area (Å²) in [5.74, 6) is 0. The van der Waals surface area contributed by atoms with Crippen molar-refractivity contribution in [2.24, 2.45) is 0 Å². The first kappa shape index (κ1) is 38.0. The number of nitrogens with zero attached hydrogens (tertiary/aromatic N) is 2. The van der Waals surface area contributed by atoms with Crippen LogP contribution in [-0.2, 0) is 0 Å². The van der Waals surface area contributed by atoms with Crippen molar-refractivity contribution in [3.63, 3.8) is 0 Å². The lowest BCUT2D eigenvalue weighted by molar-refractivity contribution is 1.29. The smallest absolute Gasteiger partial charge is 0.0540 e. The van der Waals surface area contributed by atoms with Crippen LogP contribution in [0.2, 0.25) is 0 Å². The molecular weight excluding hydrogens is 749 g/mol. The molecule has 2 heteroatoms. The first-order chi connectivity index (χ1) is 30.8. The Kier molecular flexibility index (Phi) is 10.8. The van der Waals surface area contributed by atoms with Crippen LogP contribution in [0.15, 0.2) is 243 Å². The van der Waals surface area contributed by atoms with Crippen molar-refractivity contribution in [3.05, 3.63) is 265 Å². The number of fused-ring (bicyclic) bond motifs is 2. The normalized spacial score (nSPS) is 11.4. The second-order valence-electron chi connectivity index (χ2n) is 15.4. The standard InChI is InChI=1S/C60H44N2/c1-5-17-45(18-6-1)29-31-47-33-37-51(38-34-47)61(49-21-9-3-10-22-49)59-43-41-55(53-25-13-15-27-57(53)59)56-42-44-60(58-28-16-14-26-54(56)58)62(50-23-11-4-12-24-50)52-39-35-48(36-40-52)32-30-46-19-7-2-8-20-46/h1-44H. The molecule has 0 saturated carbocycles. The Labute approximate surface area is 364 Å². The van der Waals surface area contributed by atoms with E-state index < -0.39 is 0 Å². The lowest BCUT2D eigenvalue weighted by Crippen LogP contribution is -2.11. The zero-order chi connectivity index (χ0) is 41.5. The molecule has 0 aliphatic rings. The van der Waals surface area contributed by atoms with Gasteiger partial charge in [0.15, 0.2) is 0 Å². The van der Waals surface area contributed by atoms with E-state index in [1.807, 2.05) is 12.1 Å². The topological polar surface area (TPSA) is 6.48 Å². The molecule has 0 aliphatic heterocycles. The molecule has 2 nitrogen and oxygen atoms in total. The summed E-state index contributed by atoms with van der Waals surface area (Å²) in [6.45, 7) is 0. The summed E-state index contributed by atoms with van der Waals surface area (Å²) in [4.78, 5) is 4.75. The number of anilines is 6. The van der Waals surface area contributed by atoms with E-state index in [9.17, 15) is 0 Å². The predicted octanol–water partition coefficient (Wildman–Crippen LogP) is 16.9. The second-order valence-corrected chi connectivity index (χ2v) is 15.4. The highest BCUT2D eigenvalue weighted by molar-refractivity contribution is 6.13. The van der Waals surface area contributed by atoms with Crippen LogP contribution in [0, 0.1) is 0 Å². The summed E-state index contributed by atoms with van der Waals surface area (Å²) in [7, 11) is 0. The van der Waals surface area contributed by atoms with Gasteiger partial charge in [0.25, 0.3) is 0 Å². The van der Waals surface area contributed by atoms with Crippen molar-refractivity contribution in [2.45, 2.75) is 0 Å². The largest absolute Gasteiger partial charge is 0.310 e. The Balaban J connectivity index is 1.05. The second kappa shape index (κ2) is 17.6. The van der Waals surface area contributed by atoms with Crippen LogP contribution < -0.4 is 9.80 Å². The number of para-hydroxylation sites is 2. The third-order valence-electron chi connectivity index (χ3n) is 11.4. The average molecular weight is 793 g/mol. The molecule has 62 heavy (non-hydrogen) atoms. The summed E-state index contributed by atoms with van der Waals surface area (Å²) < 4.78 is 0. The number of hydrogen-bond acceptors (Lipinski definition) is 2. The Bertz CT molecular complexity index is 2920. The maximum Gasteiger partial charge on any atom is 0.0540 e. The zero-order valence-corrected chi connectivity index (χ0v) is 34.3. The molecule has 0 fully saturated rings. The fourth-order valence-electron chi connectivity index (χ4n) is 8.42. The number of benzene rings is 10. The Hall–Kier alpha value is -8.20.